The standard InChI is InChI=1S/C4H3S.Pb/c1-2-4-5-3-1;/h1,3-4H;. The third-order valence-corrected chi connectivity index (χ3v) is 3.23. The zero-order valence-corrected chi connectivity index (χ0v) is 7.84. The van der Waals surface area contributed by atoms with Crippen LogP contribution < -0.4 is 3.12 Å². The second kappa shape index (κ2) is 2.07. The van der Waals surface area contributed by atoms with Crippen LogP contribution >= 0.6 is 11.3 Å². The van der Waals surface area contributed by atoms with Crippen molar-refractivity contribution in [3.8, 4) is 0 Å². The molecule has 6 heavy (non-hydrogen) atoms. The topological polar surface area (TPSA) is 0 Å². The Morgan fingerprint density at radius 1 is 1.67 bits per heavy atom. The summed E-state index contributed by atoms with van der Waals surface area (Å²) in [4.78, 5) is 0. The molecule has 0 amide bonds. The summed E-state index contributed by atoms with van der Waals surface area (Å²) in [5, 5.41) is 4.30. The summed E-state index contributed by atoms with van der Waals surface area (Å²) in [5.74, 6) is 0. The summed E-state index contributed by atoms with van der Waals surface area (Å²) in [6.45, 7) is 0. The Labute approximate surface area is 56.9 Å². The average molecular weight is 290 g/mol. The van der Waals surface area contributed by atoms with Crippen molar-refractivity contribution >= 4 is 40.2 Å². The normalized spacial score (nSPS) is 8.83. The van der Waals surface area contributed by atoms with E-state index in [-0.39, 0.29) is 0 Å². The quantitative estimate of drug-likeness (QED) is 0.612. The van der Waals surface area contributed by atoms with Crippen molar-refractivity contribution in [2.45, 2.75) is 0 Å². The molecule has 1 aromatic rings. The monoisotopic (exact) mass is 291 g/mol. The van der Waals surface area contributed by atoms with E-state index in [0.29, 0.717) is 0 Å². The summed E-state index contributed by atoms with van der Waals surface area (Å²) >= 11 is 2.98. The second-order valence-electron chi connectivity index (χ2n) is 1.01. The van der Waals surface area contributed by atoms with Crippen LogP contribution in [0, 0.1) is 0 Å². The van der Waals surface area contributed by atoms with Crippen LogP contribution in [-0.4, -0.2) is 25.8 Å². The van der Waals surface area contributed by atoms with Crippen molar-refractivity contribution in [2.75, 3.05) is 0 Å². The number of thiophene rings is 1. The van der Waals surface area contributed by atoms with Gasteiger partial charge in [0.25, 0.3) is 0 Å². The Balaban J connectivity index is 3.05. The van der Waals surface area contributed by atoms with Crippen molar-refractivity contribution in [1.29, 1.82) is 0 Å². The molecule has 0 fully saturated rings. The Morgan fingerprint density at radius 2 is 2.50 bits per heavy atom. The van der Waals surface area contributed by atoms with Crippen molar-refractivity contribution in [2.24, 2.45) is 0 Å². The average Bonchev–Trinajstić information content (AvgIpc) is 1.86. The summed E-state index contributed by atoms with van der Waals surface area (Å²) in [5.41, 5.74) is 0. The fourth-order valence-electron chi connectivity index (χ4n) is 0.264. The van der Waals surface area contributed by atoms with Gasteiger partial charge in [0.1, 0.15) is 0 Å². The summed E-state index contributed by atoms with van der Waals surface area (Å²) < 4.78 is 1.50. The molecule has 0 saturated heterocycles. The summed E-state index contributed by atoms with van der Waals surface area (Å²) in [6, 6.07) is 2.16. The van der Waals surface area contributed by atoms with Crippen molar-refractivity contribution in [3.63, 3.8) is 0 Å². The van der Waals surface area contributed by atoms with Crippen LogP contribution in [0.2, 0.25) is 0 Å². The van der Waals surface area contributed by atoms with Gasteiger partial charge in [0.2, 0.25) is 0 Å². The first kappa shape index (κ1) is 4.77. The van der Waals surface area contributed by atoms with E-state index in [9.17, 15) is 0 Å². The SMILES string of the molecule is [Pb][c]1ccsc1. The Kier molecular flexibility index (Phi) is 1.64. The van der Waals surface area contributed by atoms with Crippen LogP contribution in [0.3, 0.4) is 0 Å². The van der Waals surface area contributed by atoms with Crippen molar-refractivity contribution < 1.29 is 0 Å². The molecule has 0 atom stereocenters. The van der Waals surface area contributed by atoms with Gasteiger partial charge in [-0.2, -0.15) is 0 Å². The van der Waals surface area contributed by atoms with Crippen LogP contribution in [0.4, 0.5) is 0 Å². The molecule has 0 spiro atoms. The number of rotatable bonds is 0. The molecule has 1 rings (SSSR count). The Bertz CT molecular complexity index is 111. The molecule has 0 unspecified atom stereocenters. The van der Waals surface area contributed by atoms with Crippen LogP contribution in [0.5, 0.6) is 0 Å². The molecule has 0 saturated carbocycles. The van der Waals surface area contributed by atoms with E-state index in [4.69, 9.17) is 0 Å². The van der Waals surface area contributed by atoms with Gasteiger partial charge in [0.05, 0.1) is 0 Å². The van der Waals surface area contributed by atoms with Crippen molar-refractivity contribution in [3.05, 3.63) is 16.8 Å². The molecule has 2 heteroatoms. The van der Waals surface area contributed by atoms with Gasteiger partial charge < -0.3 is 0 Å². The van der Waals surface area contributed by atoms with Gasteiger partial charge in [0, 0.05) is 0 Å². The molecule has 0 aliphatic heterocycles. The molecular formula is C4H3PbS. The van der Waals surface area contributed by atoms with E-state index < -0.39 is 0 Å². The number of hydrogen-bond donors (Lipinski definition) is 0. The summed E-state index contributed by atoms with van der Waals surface area (Å²) in [6.07, 6.45) is 0. The van der Waals surface area contributed by atoms with Gasteiger partial charge in [-0.05, 0) is 0 Å². The Hall–Kier alpha value is 0.622. The molecule has 0 aliphatic carbocycles. The predicted molar refractivity (Wildman–Crippen MR) is 29.7 cm³/mol. The third kappa shape index (κ3) is 1.04. The van der Waals surface area contributed by atoms with Crippen LogP contribution in [0.25, 0.3) is 0 Å². The van der Waals surface area contributed by atoms with E-state index in [0.717, 1.165) is 0 Å². The minimum absolute atomic E-state index is 1.21. The fraction of sp³-hybridized carbons (Fsp3) is 0. The molecule has 1 heterocycles. The van der Waals surface area contributed by atoms with Crippen LogP contribution in [0.1, 0.15) is 0 Å². The zero-order valence-electron chi connectivity index (χ0n) is 3.14. The predicted octanol–water partition coefficient (Wildman–Crippen LogP) is 0.542. The molecule has 0 N–H and O–H groups in total. The molecule has 0 nitrogen and oxygen atoms in total. The van der Waals surface area contributed by atoms with Crippen LogP contribution in [-0.2, 0) is 0 Å². The van der Waals surface area contributed by atoms with E-state index in [1.165, 1.54) is 28.9 Å². The van der Waals surface area contributed by atoms with E-state index in [2.05, 4.69) is 16.8 Å². The molecule has 0 bridgehead atoms. The first-order valence-corrected chi connectivity index (χ1v) is 4.52. The molecule has 29 valence electrons. The van der Waals surface area contributed by atoms with Gasteiger partial charge in [-0.25, -0.2) is 0 Å². The molecule has 3 radical (unpaired) electrons. The van der Waals surface area contributed by atoms with Gasteiger partial charge in [0.15, 0.2) is 0 Å². The van der Waals surface area contributed by atoms with Crippen molar-refractivity contribution in [1.82, 2.24) is 0 Å². The van der Waals surface area contributed by atoms with Gasteiger partial charge in [-0.1, -0.05) is 0 Å². The fourth-order valence-corrected chi connectivity index (χ4v) is 2.38. The van der Waals surface area contributed by atoms with Gasteiger partial charge in [-0.15, -0.1) is 0 Å². The van der Waals surface area contributed by atoms with Crippen LogP contribution in [0.15, 0.2) is 16.8 Å². The Morgan fingerprint density at radius 3 is 2.67 bits per heavy atom. The van der Waals surface area contributed by atoms with Gasteiger partial charge in [-0.3, -0.25) is 0 Å². The second-order valence-corrected chi connectivity index (χ2v) is 4.04. The first-order chi connectivity index (χ1) is 2.89. The van der Waals surface area contributed by atoms with E-state index >= 15 is 0 Å². The minimum atomic E-state index is 1.21. The number of hydrogen-bond acceptors (Lipinski definition) is 1. The first-order valence-electron chi connectivity index (χ1n) is 1.63. The van der Waals surface area contributed by atoms with Gasteiger partial charge >= 0.3 is 57.1 Å². The van der Waals surface area contributed by atoms with E-state index in [1.54, 1.807) is 11.3 Å². The summed E-state index contributed by atoms with van der Waals surface area (Å²) in [7, 11) is 0. The maximum atomic E-state index is 2.19. The molecule has 0 aliphatic rings. The van der Waals surface area contributed by atoms with E-state index in [1.807, 2.05) is 0 Å². The zero-order chi connectivity index (χ0) is 4.41. The maximum absolute atomic E-state index is 2.19. The molecule has 1 aromatic heterocycles. The third-order valence-electron chi connectivity index (χ3n) is 0.521. The molecular weight excluding hydrogens is 287 g/mol. The molecule has 0 aromatic carbocycles.